The Balaban J connectivity index is 1.96. The summed E-state index contributed by atoms with van der Waals surface area (Å²) in [7, 11) is 0. The van der Waals surface area contributed by atoms with Crippen molar-refractivity contribution in [1.82, 2.24) is 0 Å². The van der Waals surface area contributed by atoms with Crippen LogP contribution in [-0.2, 0) is 14.2 Å². The monoisotopic (exact) mass is 216 g/mol. The lowest BCUT2D eigenvalue weighted by atomic mass is 10.2. The molecule has 0 aromatic heterocycles. The topological polar surface area (TPSA) is 31.0 Å². The van der Waals surface area contributed by atoms with Crippen molar-refractivity contribution in [3.8, 4) is 0 Å². The van der Waals surface area contributed by atoms with Gasteiger partial charge in [-0.1, -0.05) is 26.7 Å². The highest BCUT2D eigenvalue weighted by atomic mass is 16.6. The summed E-state index contributed by atoms with van der Waals surface area (Å²) >= 11 is 0. The van der Waals surface area contributed by atoms with Crippen molar-refractivity contribution in [2.45, 2.75) is 45.1 Å². The molecule has 0 N–H and O–H groups in total. The van der Waals surface area contributed by atoms with Crippen LogP contribution in [0.15, 0.2) is 0 Å². The minimum absolute atomic E-state index is 0.0958. The lowest BCUT2D eigenvalue weighted by Gasteiger charge is -2.12. The average molecular weight is 216 g/mol. The van der Waals surface area contributed by atoms with Crippen LogP contribution in [0.5, 0.6) is 0 Å². The maximum atomic E-state index is 5.55. The number of epoxide rings is 1. The first kappa shape index (κ1) is 12.9. The Morgan fingerprint density at radius 1 is 1.00 bits per heavy atom. The Labute approximate surface area is 93.1 Å². The fourth-order valence-electron chi connectivity index (χ4n) is 1.32. The zero-order chi connectivity index (χ0) is 11.0. The molecule has 1 aliphatic heterocycles. The number of ether oxygens (including phenoxy) is 3. The van der Waals surface area contributed by atoms with E-state index in [9.17, 15) is 0 Å². The summed E-state index contributed by atoms with van der Waals surface area (Å²) in [6.45, 7) is 8.21. The fourth-order valence-corrected chi connectivity index (χ4v) is 1.32. The highest BCUT2D eigenvalue weighted by Crippen LogP contribution is 2.27. The summed E-state index contributed by atoms with van der Waals surface area (Å²) in [4.78, 5) is 0. The maximum absolute atomic E-state index is 5.55. The van der Waals surface area contributed by atoms with Gasteiger partial charge in [0.05, 0.1) is 19.8 Å². The lowest BCUT2D eigenvalue weighted by molar-refractivity contribution is 0.0177. The molecule has 0 radical (unpaired) electrons. The van der Waals surface area contributed by atoms with Gasteiger partial charge in [-0.3, -0.25) is 0 Å². The molecule has 90 valence electrons. The van der Waals surface area contributed by atoms with Gasteiger partial charge in [-0.2, -0.15) is 0 Å². The summed E-state index contributed by atoms with van der Waals surface area (Å²) < 4.78 is 16.5. The first-order valence-electron chi connectivity index (χ1n) is 6.12. The van der Waals surface area contributed by atoms with E-state index < -0.39 is 0 Å². The van der Waals surface area contributed by atoms with Crippen molar-refractivity contribution in [2.24, 2.45) is 0 Å². The van der Waals surface area contributed by atoms with E-state index in [0.29, 0.717) is 13.2 Å². The smallest absolute Gasteiger partial charge is 0.138 e. The molecule has 1 fully saturated rings. The zero-order valence-electron chi connectivity index (χ0n) is 10.1. The second-order valence-corrected chi connectivity index (χ2v) is 4.28. The number of hydrogen-bond donors (Lipinski definition) is 0. The molecule has 1 saturated heterocycles. The second-order valence-electron chi connectivity index (χ2n) is 4.28. The fraction of sp³-hybridized carbons (Fsp3) is 1.00. The maximum Gasteiger partial charge on any atom is 0.138 e. The van der Waals surface area contributed by atoms with Gasteiger partial charge in [0, 0.05) is 13.2 Å². The Bertz CT molecular complexity index is 141. The SMILES string of the molecule is CCCCOCC1(COCCCC)CO1. The van der Waals surface area contributed by atoms with Crippen LogP contribution in [0.1, 0.15) is 39.5 Å². The lowest BCUT2D eigenvalue weighted by Crippen LogP contribution is -2.26. The molecule has 0 aliphatic carbocycles. The third kappa shape index (κ3) is 5.50. The standard InChI is InChI=1S/C12H24O3/c1-3-5-7-13-9-12(11-15-12)10-14-8-6-4-2/h3-11H2,1-2H3. The third-order valence-corrected chi connectivity index (χ3v) is 2.57. The van der Waals surface area contributed by atoms with E-state index >= 15 is 0 Å². The van der Waals surface area contributed by atoms with Crippen molar-refractivity contribution in [3.05, 3.63) is 0 Å². The molecule has 0 aromatic rings. The number of hydrogen-bond acceptors (Lipinski definition) is 3. The van der Waals surface area contributed by atoms with Crippen molar-refractivity contribution in [2.75, 3.05) is 33.0 Å². The average Bonchev–Trinajstić information content (AvgIpc) is 3.01. The van der Waals surface area contributed by atoms with Crippen molar-refractivity contribution >= 4 is 0 Å². The quantitative estimate of drug-likeness (QED) is 0.415. The third-order valence-electron chi connectivity index (χ3n) is 2.57. The predicted octanol–water partition coefficient (Wildman–Crippen LogP) is 2.39. The van der Waals surface area contributed by atoms with Crippen molar-refractivity contribution < 1.29 is 14.2 Å². The van der Waals surface area contributed by atoms with Crippen LogP contribution in [-0.4, -0.2) is 38.6 Å². The highest BCUT2D eigenvalue weighted by Gasteiger charge is 2.45. The molecular formula is C12H24O3. The molecule has 1 heterocycles. The summed E-state index contributed by atoms with van der Waals surface area (Å²) in [5.74, 6) is 0. The van der Waals surface area contributed by atoms with Crippen LogP contribution in [0.25, 0.3) is 0 Å². The van der Waals surface area contributed by atoms with Gasteiger partial charge < -0.3 is 14.2 Å². The molecule has 0 amide bonds. The van der Waals surface area contributed by atoms with Crippen molar-refractivity contribution in [1.29, 1.82) is 0 Å². The van der Waals surface area contributed by atoms with Crippen molar-refractivity contribution in [3.63, 3.8) is 0 Å². The van der Waals surface area contributed by atoms with Crippen LogP contribution in [0.3, 0.4) is 0 Å². The van der Waals surface area contributed by atoms with E-state index in [1.54, 1.807) is 0 Å². The van der Waals surface area contributed by atoms with Gasteiger partial charge in [0.25, 0.3) is 0 Å². The van der Waals surface area contributed by atoms with E-state index in [4.69, 9.17) is 14.2 Å². The van der Waals surface area contributed by atoms with Gasteiger partial charge in [-0.05, 0) is 12.8 Å². The highest BCUT2D eigenvalue weighted by molar-refractivity contribution is 4.92. The van der Waals surface area contributed by atoms with Gasteiger partial charge in [0.1, 0.15) is 5.60 Å². The Kier molecular flexibility index (Phi) is 6.22. The van der Waals surface area contributed by atoms with E-state index in [1.807, 2.05) is 0 Å². The van der Waals surface area contributed by atoms with Gasteiger partial charge >= 0.3 is 0 Å². The molecule has 0 spiro atoms. The molecule has 3 nitrogen and oxygen atoms in total. The molecule has 3 heteroatoms. The van der Waals surface area contributed by atoms with Crippen LogP contribution < -0.4 is 0 Å². The summed E-state index contributed by atoms with van der Waals surface area (Å²) in [5.41, 5.74) is -0.0958. The Hall–Kier alpha value is -0.120. The normalized spacial score (nSPS) is 18.0. The largest absolute Gasteiger partial charge is 0.378 e. The predicted molar refractivity (Wildman–Crippen MR) is 60.1 cm³/mol. The molecule has 0 bridgehead atoms. The molecular weight excluding hydrogens is 192 g/mol. The van der Waals surface area contributed by atoms with Gasteiger partial charge in [0.2, 0.25) is 0 Å². The summed E-state index contributed by atoms with van der Waals surface area (Å²) in [5, 5.41) is 0. The van der Waals surface area contributed by atoms with Crippen LogP contribution >= 0.6 is 0 Å². The minimum atomic E-state index is -0.0958. The molecule has 0 saturated carbocycles. The first-order chi connectivity index (χ1) is 7.33. The number of rotatable bonds is 10. The molecule has 1 rings (SSSR count). The first-order valence-corrected chi connectivity index (χ1v) is 6.12. The van der Waals surface area contributed by atoms with Gasteiger partial charge in [-0.25, -0.2) is 0 Å². The van der Waals surface area contributed by atoms with E-state index in [-0.39, 0.29) is 5.60 Å². The zero-order valence-corrected chi connectivity index (χ0v) is 10.1. The summed E-state index contributed by atoms with van der Waals surface area (Å²) in [6, 6.07) is 0. The van der Waals surface area contributed by atoms with Gasteiger partial charge in [0.15, 0.2) is 0 Å². The molecule has 15 heavy (non-hydrogen) atoms. The van der Waals surface area contributed by atoms with E-state index in [0.717, 1.165) is 32.7 Å². The van der Waals surface area contributed by atoms with E-state index in [2.05, 4.69) is 13.8 Å². The van der Waals surface area contributed by atoms with E-state index in [1.165, 1.54) is 12.8 Å². The molecule has 0 unspecified atom stereocenters. The second kappa shape index (κ2) is 7.20. The van der Waals surface area contributed by atoms with Crippen LogP contribution in [0.4, 0.5) is 0 Å². The van der Waals surface area contributed by atoms with Crippen LogP contribution in [0.2, 0.25) is 0 Å². The minimum Gasteiger partial charge on any atom is -0.378 e. The summed E-state index contributed by atoms with van der Waals surface area (Å²) in [6.07, 6.45) is 4.63. The van der Waals surface area contributed by atoms with Gasteiger partial charge in [-0.15, -0.1) is 0 Å². The molecule has 1 aliphatic rings. The number of unbranched alkanes of at least 4 members (excludes halogenated alkanes) is 2. The van der Waals surface area contributed by atoms with Crippen LogP contribution in [0, 0.1) is 0 Å². The molecule has 0 aromatic carbocycles. The Morgan fingerprint density at radius 2 is 1.47 bits per heavy atom. The Morgan fingerprint density at radius 3 is 1.80 bits per heavy atom. The molecule has 0 atom stereocenters.